The first-order chi connectivity index (χ1) is 13.5. The summed E-state index contributed by atoms with van der Waals surface area (Å²) in [6, 6.07) is 17.3. The lowest BCUT2D eigenvalue weighted by atomic mass is 10.0. The number of carbonyl (C=O) groups excluding carboxylic acids is 2. The van der Waals surface area contributed by atoms with Crippen molar-refractivity contribution in [2.45, 2.75) is 38.6 Å². The van der Waals surface area contributed by atoms with Gasteiger partial charge in [-0.15, -0.1) is 11.8 Å². The molecule has 2 unspecified atom stereocenters. The van der Waals surface area contributed by atoms with Crippen molar-refractivity contribution in [3.63, 3.8) is 0 Å². The van der Waals surface area contributed by atoms with Crippen molar-refractivity contribution >= 4 is 23.6 Å². The minimum Gasteiger partial charge on any atom is -0.354 e. The first-order valence-electron chi connectivity index (χ1n) is 9.80. The van der Waals surface area contributed by atoms with E-state index in [1.807, 2.05) is 49.4 Å². The first-order valence-corrected chi connectivity index (χ1v) is 10.9. The molecule has 148 valence electrons. The molecule has 28 heavy (non-hydrogen) atoms. The van der Waals surface area contributed by atoms with Crippen molar-refractivity contribution in [3.8, 4) is 0 Å². The number of thioether (sulfide) groups is 1. The number of hydrogen-bond donors (Lipinski definition) is 1. The van der Waals surface area contributed by atoms with Crippen LogP contribution in [0.2, 0.25) is 0 Å². The van der Waals surface area contributed by atoms with Gasteiger partial charge in [0.1, 0.15) is 6.04 Å². The van der Waals surface area contributed by atoms with Gasteiger partial charge in [0.05, 0.1) is 5.37 Å². The zero-order valence-electron chi connectivity index (χ0n) is 16.7. The molecule has 0 saturated carbocycles. The Labute approximate surface area is 171 Å². The van der Waals surface area contributed by atoms with Crippen LogP contribution in [0.1, 0.15) is 35.3 Å². The third kappa shape index (κ3) is 4.58. The topological polar surface area (TPSA) is 49.4 Å². The van der Waals surface area contributed by atoms with Crippen molar-refractivity contribution in [2.24, 2.45) is 5.92 Å². The van der Waals surface area contributed by atoms with Crippen LogP contribution in [-0.4, -0.2) is 40.4 Å². The molecule has 2 aromatic rings. The standard InChI is InChI=1S/C23H28N2O2S/c1-16(2)23-25(22(27)19-12-8-7-9-17(19)3)20(15-28-23)21(26)24-14-13-18-10-5-4-6-11-18/h4-12,16,20,23H,13-15H2,1-3H3,(H,24,26). The molecule has 0 spiro atoms. The van der Waals surface area contributed by atoms with Gasteiger partial charge in [-0.2, -0.15) is 0 Å². The lowest BCUT2D eigenvalue weighted by Crippen LogP contribution is -2.51. The lowest BCUT2D eigenvalue weighted by Gasteiger charge is -2.31. The normalized spacial score (nSPS) is 19.1. The molecular weight excluding hydrogens is 368 g/mol. The molecule has 3 rings (SSSR count). The van der Waals surface area contributed by atoms with Gasteiger partial charge < -0.3 is 10.2 Å². The monoisotopic (exact) mass is 396 g/mol. The van der Waals surface area contributed by atoms with Gasteiger partial charge >= 0.3 is 0 Å². The zero-order valence-corrected chi connectivity index (χ0v) is 17.5. The third-order valence-corrected chi connectivity index (χ3v) is 6.69. The predicted octanol–water partition coefficient (Wildman–Crippen LogP) is 3.89. The first kappa shape index (κ1) is 20.5. The summed E-state index contributed by atoms with van der Waals surface area (Å²) in [6.07, 6.45) is 0.784. The Morgan fingerprint density at radius 3 is 2.46 bits per heavy atom. The van der Waals surface area contributed by atoms with Gasteiger partial charge in [0.2, 0.25) is 5.91 Å². The van der Waals surface area contributed by atoms with Crippen LogP contribution in [0, 0.1) is 12.8 Å². The van der Waals surface area contributed by atoms with Crippen molar-refractivity contribution in [3.05, 3.63) is 71.3 Å². The van der Waals surface area contributed by atoms with Crippen LogP contribution < -0.4 is 5.32 Å². The van der Waals surface area contributed by atoms with E-state index in [2.05, 4.69) is 31.3 Å². The van der Waals surface area contributed by atoms with Crippen LogP contribution in [-0.2, 0) is 11.2 Å². The highest BCUT2D eigenvalue weighted by molar-refractivity contribution is 8.00. The van der Waals surface area contributed by atoms with E-state index in [0.29, 0.717) is 17.9 Å². The molecule has 1 aliphatic heterocycles. The van der Waals surface area contributed by atoms with Gasteiger partial charge in [0, 0.05) is 17.9 Å². The van der Waals surface area contributed by atoms with Crippen LogP contribution in [0.3, 0.4) is 0 Å². The maximum atomic E-state index is 13.3. The van der Waals surface area contributed by atoms with E-state index in [-0.39, 0.29) is 23.1 Å². The zero-order chi connectivity index (χ0) is 20.1. The molecule has 0 aromatic heterocycles. The second kappa shape index (κ2) is 9.28. The molecule has 0 radical (unpaired) electrons. The van der Waals surface area contributed by atoms with Gasteiger partial charge in [-0.3, -0.25) is 9.59 Å². The predicted molar refractivity (Wildman–Crippen MR) is 115 cm³/mol. The fourth-order valence-corrected chi connectivity index (χ4v) is 5.02. The fourth-order valence-electron chi connectivity index (χ4n) is 3.54. The molecule has 0 aliphatic carbocycles. The van der Waals surface area contributed by atoms with E-state index in [1.54, 1.807) is 16.7 Å². The van der Waals surface area contributed by atoms with E-state index >= 15 is 0 Å². The van der Waals surface area contributed by atoms with Gasteiger partial charge in [-0.25, -0.2) is 0 Å². The summed E-state index contributed by atoms with van der Waals surface area (Å²) < 4.78 is 0. The molecule has 1 N–H and O–H groups in total. The van der Waals surface area contributed by atoms with Crippen molar-refractivity contribution in [1.82, 2.24) is 10.2 Å². The van der Waals surface area contributed by atoms with Gasteiger partial charge in [0.25, 0.3) is 5.91 Å². The maximum absolute atomic E-state index is 13.3. The smallest absolute Gasteiger partial charge is 0.255 e. The quantitative estimate of drug-likeness (QED) is 0.806. The Hall–Kier alpha value is -2.27. The molecule has 2 atom stereocenters. The molecule has 5 heteroatoms. The minimum atomic E-state index is -0.430. The maximum Gasteiger partial charge on any atom is 0.255 e. The second-order valence-corrected chi connectivity index (χ2v) is 8.69. The van der Waals surface area contributed by atoms with E-state index in [0.717, 1.165) is 12.0 Å². The Bertz CT molecular complexity index is 822. The summed E-state index contributed by atoms with van der Waals surface area (Å²) in [5.74, 6) is 0.802. The van der Waals surface area contributed by atoms with Gasteiger partial charge in [0.15, 0.2) is 0 Å². The largest absolute Gasteiger partial charge is 0.354 e. The van der Waals surface area contributed by atoms with Gasteiger partial charge in [-0.1, -0.05) is 62.4 Å². The summed E-state index contributed by atoms with van der Waals surface area (Å²) >= 11 is 1.70. The highest BCUT2D eigenvalue weighted by atomic mass is 32.2. The van der Waals surface area contributed by atoms with E-state index < -0.39 is 6.04 Å². The van der Waals surface area contributed by atoms with E-state index in [1.165, 1.54) is 5.56 Å². The molecule has 1 heterocycles. The molecular formula is C23H28N2O2S. The second-order valence-electron chi connectivity index (χ2n) is 7.54. The Morgan fingerprint density at radius 2 is 1.79 bits per heavy atom. The fraction of sp³-hybridized carbons (Fsp3) is 0.391. The number of aryl methyl sites for hydroxylation is 1. The van der Waals surface area contributed by atoms with Crippen LogP contribution in [0.15, 0.2) is 54.6 Å². The average Bonchev–Trinajstić information content (AvgIpc) is 3.14. The summed E-state index contributed by atoms with van der Waals surface area (Å²) in [5, 5.41) is 3.05. The molecule has 2 amide bonds. The summed E-state index contributed by atoms with van der Waals surface area (Å²) in [4.78, 5) is 28.0. The number of benzene rings is 2. The number of hydrogen-bond acceptors (Lipinski definition) is 3. The van der Waals surface area contributed by atoms with E-state index in [4.69, 9.17) is 0 Å². The number of amides is 2. The van der Waals surface area contributed by atoms with Crippen molar-refractivity contribution in [2.75, 3.05) is 12.3 Å². The van der Waals surface area contributed by atoms with Crippen LogP contribution in [0.5, 0.6) is 0 Å². The Kier molecular flexibility index (Phi) is 6.79. The highest BCUT2D eigenvalue weighted by Crippen LogP contribution is 2.35. The van der Waals surface area contributed by atoms with Crippen LogP contribution >= 0.6 is 11.8 Å². The molecule has 1 fully saturated rings. The highest BCUT2D eigenvalue weighted by Gasteiger charge is 2.43. The van der Waals surface area contributed by atoms with Crippen LogP contribution in [0.4, 0.5) is 0 Å². The lowest BCUT2D eigenvalue weighted by molar-refractivity contribution is -0.124. The Balaban J connectivity index is 1.72. The molecule has 2 aromatic carbocycles. The summed E-state index contributed by atoms with van der Waals surface area (Å²) in [7, 11) is 0. The molecule has 1 saturated heterocycles. The SMILES string of the molecule is Cc1ccccc1C(=O)N1C(C(=O)NCCc2ccccc2)CSC1C(C)C. The van der Waals surface area contributed by atoms with E-state index in [9.17, 15) is 9.59 Å². The van der Waals surface area contributed by atoms with Crippen molar-refractivity contribution < 1.29 is 9.59 Å². The molecule has 0 bridgehead atoms. The minimum absolute atomic E-state index is 0.0111. The third-order valence-electron chi connectivity index (χ3n) is 5.07. The van der Waals surface area contributed by atoms with Crippen LogP contribution in [0.25, 0.3) is 0 Å². The van der Waals surface area contributed by atoms with Crippen molar-refractivity contribution in [1.29, 1.82) is 0 Å². The summed E-state index contributed by atoms with van der Waals surface area (Å²) in [6.45, 7) is 6.72. The Morgan fingerprint density at radius 1 is 1.11 bits per heavy atom. The number of nitrogens with one attached hydrogen (secondary N) is 1. The average molecular weight is 397 g/mol. The number of nitrogens with zero attached hydrogens (tertiary/aromatic N) is 1. The molecule has 4 nitrogen and oxygen atoms in total. The number of rotatable bonds is 6. The van der Waals surface area contributed by atoms with Gasteiger partial charge in [-0.05, 0) is 36.5 Å². The summed E-state index contributed by atoms with van der Waals surface area (Å²) in [5.41, 5.74) is 2.81. The number of carbonyl (C=O) groups is 2. The molecule has 1 aliphatic rings.